The van der Waals surface area contributed by atoms with Crippen LogP contribution in [0.2, 0.25) is 0 Å². The molecule has 0 spiro atoms. The van der Waals surface area contributed by atoms with Gasteiger partial charge in [-0.1, -0.05) is 6.07 Å². The predicted molar refractivity (Wildman–Crippen MR) is 63.9 cm³/mol. The molecule has 0 bridgehead atoms. The van der Waals surface area contributed by atoms with E-state index in [4.69, 9.17) is 14.7 Å². The van der Waals surface area contributed by atoms with Gasteiger partial charge in [-0.25, -0.2) is 0 Å². The molecule has 1 aromatic carbocycles. The van der Waals surface area contributed by atoms with Crippen LogP contribution >= 0.6 is 0 Å². The zero-order valence-electron chi connectivity index (χ0n) is 9.69. The smallest absolute Gasteiger partial charge is 0.120 e. The third-order valence-electron chi connectivity index (χ3n) is 2.68. The molecule has 17 heavy (non-hydrogen) atoms. The minimum Gasteiger partial charge on any atom is -0.491 e. The van der Waals surface area contributed by atoms with Crippen molar-refractivity contribution < 1.29 is 9.47 Å². The summed E-state index contributed by atoms with van der Waals surface area (Å²) in [5, 5.41) is 12.0. The molecule has 0 radical (unpaired) electrons. The Morgan fingerprint density at radius 3 is 3.12 bits per heavy atom. The lowest BCUT2D eigenvalue weighted by Gasteiger charge is -2.11. The van der Waals surface area contributed by atoms with E-state index in [0.717, 1.165) is 25.3 Å². The largest absolute Gasteiger partial charge is 0.491 e. The second-order valence-corrected chi connectivity index (χ2v) is 3.97. The summed E-state index contributed by atoms with van der Waals surface area (Å²) >= 11 is 0. The topological polar surface area (TPSA) is 54.3 Å². The minimum absolute atomic E-state index is 0.323. The standard InChI is InChI=1S/C13H16N2O2/c14-9-11-2-1-3-12(8-11)16-6-7-17-13-4-5-15-10-13/h1-3,8,13,15H,4-7,10H2/t13-/m1/s1. The van der Waals surface area contributed by atoms with Gasteiger partial charge in [0.1, 0.15) is 12.4 Å². The summed E-state index contributed by atoms with van der Waals surface area (Å²) in [6.45, 7) is 3.08. The molecule has 4 heteroatoms. The van der Waals surface area contributed by atoms with Gasteiger partial charge in [0.15, 0.2) is 0 Å². The van der Waals surface area contributed by atoms with Gasteiger partial charge in [-0.2, -0.15) is 5.26 Å². The maximum absolute atomic E-state index is 8.74. The third kappa shape index (κ3) is 3.74. The van der Waals surface area contributed by atoms with E-state index < -0.39 is 0 Å². The molecule has 1 N–H and O–H groups in total. The molecule has 1 heterocycles. The molecule has 1 saturated heterocycles. The Morgan fingerprint density at radius 1 is 1.41 bits per heavy atom. The molecule has 1 fully saturated rings. The molecule has 1 atom stereocenters. The molecule has 2 rings (SSSR count). The summed E-state index contributed by atoms with van der Waals surface area (Å²) in [7, 11) is 0. The number of nitriles is 1. The first-order valence-electron chi connectivity index (χ1n) is 5.84. The highest BCUT2D eigenvalue weighted by molar-refractivity contribution is 5.36. The number of ether oxygens (including phenoxy) is 2. The molecule has 1 aliphatic rings. The molecule has 90 valence electrons. The van der Waals surface area contributed by atoms with Crippen LogP contribution in [-0.4, -0.2) is 32.4 Å². The Hall–Kier alpha value is -1.57. The number of hydrogen-bond donors (Lipinski definition) is 1. The van der Waals surface area contributed by atoms with Gasteiger partial charge >= 0.3 is 0 Å². The quantitative estimate of drug-likeness (QED) is 0.778. The second-order valence-electron chi connectivity index (χ2n) is 3.97. The van der Waals surface area contributed by atoms with E-state index in [2.05, 4.69) is 11.4 Å². The van der Waals surface area contributed by atoms with Gasteiger partial charge in [0.05, 0.1) is 24.3 Å². The lowest BCUT2D eigenvalue weighted by Crippen LogP contribution is -2.19. The lowest BCUT2D eigenvalue weighted by molar-refractivity contribution is 0.0455. The summed E-state index contributed by atoms with van der Waals surface area (Å²) in [5.41, 5.74) is 0.614. The fourth-order valence-electron chi connectivity index (χ4n) is 1.80. The second kappa shape index (κ2) is 6.24. The Morgan fingerprint density at radius 2 is 2.35 bits per heavy atom. The Labute approximate surface area is 101 Å². The molecule has 0 aromatic heterocycles. The molecule has 0 unspecified atom stereocenters. The first kappa shape index (κ1) is 11.9. The Bertz CT molecular complexity index is 395. The van der Waals surface area contributed by atoms with Crippen molar-refractivity contribution in [1.82, 2.24) is 5.32 Å². The van der Waals surface area contributed by atoms with Crippen molar-refractivity contribution in [3.05, 3.63) is 29.8 Å². The zero-order valence-corrected chi connectivity index (χ0v) is 9.69. The molecule has 0 saturated carbocycles. The number of nitrogens with zero attached hydrogens (tertiary/aromatic N) is 1. The molecule has 1 aliphatic heterocycles. The van der Waals surface area contributed by atoms with Gasteiger partial charge in [0.2, 0.25) is 0 Å². The fraction of sp³-hybridized carbons (Fsp3) is 0.462. The molecular formula is C13H16N2O2. The molecule has 1 aromatic rings. The average Bonchev–Trinajstić information content (AvgIpc) is 2.88. The van der Waals surface area contributed by atoms with Gasteiger partial charge in [-0.3, -0.25) is 0 Å². The van der Waals surface area contributed by atoms with Crippen molar-refractivity contribution in [3.63, 3.8) is 0 Å². The predicted octanol–water partition coefficient (Wildman–Crippen LogP) is 1.32. The van der Waals surface area contributed by atoms with Crippen LogP contribution in [0.3, 0.4) is 0 Å². The van der Waals surface area contributed by atoms with Gasteiger partial charge in [0, 0.05) is 6.54 Å². The van der Waals surface area contributed by atoms with Crippen molar-refractivity contribution in [2.45, 2.75) is 12.5 Å². The van der Waals surface area contributed by atoms with Gasteiger partial charge in [-0.05, 0) is 31.2 Å². The van der Waals surface area contributed by atoms with Gasteiger partial charge in [0.25, 0.3) is 0 Å². The third-order valence-corrected chi connectivity index (χ3v) is 2.68. The van der Waals surface area contributed by atoms with Crippen molar-refractivity contribution in [1.29, 1.82) is 5.26 Å². The summed E-state index contributed by atoms with van der Waals surface area (Å²) in [6, 6.07) is 9.23. The SMILES string of the molecule is N#Cc1cccc(OCCO[C@@H]2CCNC2)c1. The first-order valence-corrected chi connectivity index (χ1v) is 5.84. The molecule has 0 aliphatic carbocycles. The van der Waals surface area contributed by atoms with E-state index in [1.807, 2.05) is 12.1 Å². The Balaban J connectivity index is 1.68. The van der Waals surface area contributed by atoms with Crippen LogP contribution in [0.15, 0.2) is 24.3 Å². The summed E-state index contributed by atoms with van der Waals surface area (Å²) in [4.78, 5) is 0. The van der Waals surface area contributed by atoms with E-state index in [0.29, 0.717) is 24.9 Å². The van der Waals surface area contributed by atoms with E-state index >= 15 is 0 Å². The van der Waals surface area contributed by atoms with Crippen molar-refractivity contribution >= 4 is 0 Å². The van der Waals surface area contributed by atoms with Crippen LogP contribution in [0.25, 0.3) is 0 Å². The molecule has 4 nitrogen and oxygen atoms in total. The minimum atomic E-state index is 0.323. The van der Waals surface area contributed by atoms with Crippen molar-refractivity contribution in [3.8, 4) is 11.8 Å². The molecule has 0 amide bonds. The first-order chi connectivity index (χ1) is 8.38. The summed E-state index contributed by atoms with van der Waals surface area (Å²) < 4.78 is 11.1. The number of nitrogens with one attached hydrogen (secondary N) is 1. The lowest BCUT2D eigenvalue weighted by atomic mass is 10.2. The molecular weight excluding hydrogens is 216 g/mol. The maximum Gasteiger partial charge on any atom is 0.120 e. The van der Waals surface area contributed by atoms with Gasteiger partial charge in [-0.15, -0.1) is 0 Å². The fourth-order valence-corrected chi connectivity index (χ4v) is 1.80. The monoisotopic (exact) mass is 232 g/mol. The number of benzene rings is 1. The number of rotatable bonds is 5. The van der Waals surface area contributed by atoms with Crippen molar-refractivity contribution in [2.24, 2.45) is 0 Å². The van der Waals surface area contributed by atoms with Crippen molar-refractivity contribution in [2.75, 3.05) is 26.3 Å². The van der Waals surface area contributed by atoms with Crippen LogP contribution in [0, 0.1) is 11.3 Å². The summed E-state index contributed by atoms with van der Waals surface area (Å²) in [5.74, 6) is 0.720. The highest BCUT2D eigenvalue weighted by Gasteiger charge is 2.13. The normalized spacial score (nSPS) is 18.9. The van der Waals surface area contributed by atoms with E-state index in [-0.39, 0.29) is 0 Å². The van der Waals surface area contributed by atoms with Crippen LogP contribution in [-0.2, 0) is 4.74 Å². The summed E-state index contributed by atoms with van der Waals surface area (Å²) in [6.07, 6.45) is 1.40. The van der Waals surface area contributed by atoms with E-state index in [1.54, 1.807) is 12.1 Å². The Kier molecular flexibility index (Phi) is 4.37. The van der Waals surface area contributed by atoms with E-state index in [9.17, 15) is 0 Å². The van der Waals surface area contributed by atoms with Gasteiger partial charge < -0.3 is 14.8 Å². The van der Waals surface area contributed by atoms with E-state index in [1.165, 1.54) is 0 Å². The highest BCUT2D eigenvalue weighted by atomic mass is 16.5. The maximum atomic E-state index is 8.74. The van der Waals surface area contributed by atoms with Crippen LogP contribution in [0.1, 0.15) is 12.0 Å². The van der Waals surface area contributed by atoms with Crippen LogP contribution in [0.5, 0.6) is 5.75 Å². The highest BCUT2D eigenvalue weighted by Crippen LogP contribution is 2.12. The number of hydrogen-bond acceptors (Lipinski definition) is 4. The zero-order chi connectivity index (χ0) is 11.9. The van der Waals surface area contributed by atoms with Crippen LogP contribution in [0.4, 0.5) is 0 Å². The van der Waals surface area contributed by atoms with Crippen LogP contribution < -0.4 is 10.1 Å². The average molecular weight is 232 g/mol.